The molecule has 28 heavy (non-hydrogen) atoms. The molecule has 0 bridgehead atoms. The first-order valence-electron chi connectivity index (χ1n) is 8.70. The zero-order valence-electron chi connectivity index (χ0n) is 15.0. The number of amides is 2. The fraction of sp³-hybridized carbons (Fsp3) is 0.263. The highest BCUT2D eigenvalue weighted by Gasteiger charge is 2.35. The molecule has 9 heteroatoms. The summed E-state index contributed by atoms with van der Waals surface area (Å²) in [6, 6.07) is 14.8. The van der Waals surface area contributed by atoms with Gasteiger partial charge in [0.1, 0.15) is 6.61 Å². The molecule has 148 valence electrons. The minimum atomic E-state index is -3.73. The van der Waals surface area contributed by atoms with Gasteiger partial charge in [0, 0.05) is 6.54 Å². The number of hydrogen-bond donors (Lipinski definition) is 3. The van der Waals surface area contributed by atoms with Crippen molar-refractivity contribution in [3.63, 3.8) is 0 Å². The molecule has 1 heterocycles. The van der Waals surface area contributed by atoms with E-state index in [1.807, 2.05) is 30.3 Å². The average molecular weight is 403 g/mol. The van der Waals surface area contributed by atoms with Gasteiger partial charge >= 0.3 is 0 Å². The average Bonchev–Trinajstić information content (AvgIpc) is 2.68. The molecule has 4 N–H and O–H groups in total. The van der Waals surface area contributed by atoms with Crippen molar-refractivity contribution in [1.82, 2.24) is 10.6 Å². The summed E-state index contributed by atoms with van der Waals surface area (Å²) in [4.78, 5) is 24.3. The van der Waals surface area contributed by atoms with E-state index in [1.54, 1.807) is 12.1 Å². The maximum Gasteiger partial charge on any atom is 0.251 e. The van der Waals surface area contributed by atoms with Gasteiger partial charge in [0.25, 0.3) is 5.91 Å². The van der Waals surface area contributed by atoms with Crippen molar-refractivity contribution in [3.8, 4) is 0 Å². The smallest absolute Gasteiger partial charge is 0.251 e. The summed E-state index contributed by atoms with van der Waals surface area (Å²) in [5, 5.41) is 10.7. The topological polar surface area (TPSA) is 128 Å². The number of carbonyl (C=O) groups is 2. The van der Waals surface area contributed by atoms with Gasteiger partial charge in [0.2, 0.25) is 15.9 Å². The highest BCUT2D eigenvalue weighted by molar-refractivity contribution is 7.89. The van der Waals surface area contributed by atoms with Crippen LogP contribution in [0.4, 0.5) is 0 Å². The summed E-state index contributed by atoms with van der Waals surface area (Å²) in [6.45, 7) is 0.166. The molecule has 2 atom stereocenters. The van der Waals surface area contributed by atoms with E-state index < -0.39 is 22.2 Å². The summed E-state index contributed by atoms with van der Waals surface area (Å²) in [5.41, 5.74) is 1.64. The molecule has 1 fully saturated rings. The second-order valence-electron chi connectivity index (χ2n) is 6.42. The van der Waals surface area contributed by atoms with E-state index in [1.165, 1.54) is 12.1 Å². The van der Waals surface area contributed by atoms with Crippen molar-refractivity contribution >= 4 is 21.8 Å². The zero-order valence-corrected chi connectivity index (χ0v) is 15.8. The van der Waals surface area contributed by atoms with Crippen LogP contribution in [0, 0.1) is 0 Å². The number of benzene rings is 2. The maximum absolute atomic E-state index is 12.6. The van der Waals surface area contributed by atoms with Crippen molar-refractivity contribution in [3.05, 3.63) is 65.7 Å². The van der Waals surface area contributed by atoms with Crippen molar-refractivity contribution in [1.29, 1.82) is 0 Å². The van der Waals surface area contributed by atoms with Crippen LogP contribution in [-0.4, -0.2) is 39.5 Å². The Morgan fingerprint density at radius 1 is 1.14 bits per heavy atom. The molecule has 2 aromatic rings. The number of nitrogens with two attached hydrogens (primary N) is 1. The molecule has 0 spiro atoms. The molecule has 2 aromatic carbocycles. The molecular formula is C19H21N3O5S. The minimum absolute atomic E-state index is 0.0392. The van der Waals surface area contributed by atoms with Crippen molar-refractivity contribution in [2.75, 3.05) is 13.2 Å². The molecule has 0 aliphatic carbocycles. The third-order valence-corrected chi connectivity index (χ3v) is 5.32. The number of morpholine rings is 1. The third-order valence-electron chi connectivity index (χ3n) is 4.40. The third kappa shape index (κ3) is 4.94. The normalized spacial score (nSPS) is 19.7. The second kappa shape index (κ2) is 8.51. The van der Waals surface area contributed by atoms with Gasteiger partial charge in [0.15, 0.2) is 6.10 Å². The Balaban J connectivity index is 1.59. The highest BCUT2D eigenvalue weighted by atomic mass is 32.2. The van der Waals surface area contributed by atoms with E-state index in [-0.39, 0.29) is 23.3 Å². The van der Waals surface area contributed by atoms with Crippen molar-refractivity contribution in [2.24, 2.45) is 5.14 Å². The number of sulfonamides is 1. The molecule has 1 aliphatic rings. The van der Waals surface area contributed by atoms with Crippen LogP contribution in [0.1, 0.15) is 17.2 Å². The Bertz CT molecular complexity index is 945. The van der Waals surface area contributed by atoms with Crippen LogP contribution in [0.3, 0.4) is 0 Å². The van der Waals surface area contributed by atoms with Crippen LogP contribution in [0.25, 0.3) is 0 Å². The van der Waals surface area contributed by atoms with Crippen LogP contribution in [0.5, 0.6) is 0 Å². The number of rotatable bonds is 6. The lowest BCUT2D eigenvalue weighted by Crippen LogP contribution is -2.52. The molecular weight excluding hydrogens is 382 g/mol. The van der Waals surface area contributed by atoms with Gasteiger partial charge in [-0.05, 0) is 29.7 Å². The number of ether oxygens (including phenoxy) is 1. The fourth-order valence-electron chi connectivity index (χ4n) is 2.97. The standard InChI is InChI=1S/C19H21N3O5S/c20-28(25,26)15-8-6-13(7-9-15)10-11-21-19(24)18-17(22-16(23)12-27-18)14-4-2-1-3-5-14/h1-9,17-18H,10-12H2,(H,21,24)(H,22,23)(H2,20,25,26)/t17-,18+/m1/s1. The quantitative estimate of drug-likeness (QED) is 0.637. The number of carbonyl (C=O) groups excluding carboxylic acids is 2. The monoisotopic (exact) mass is 403 g/mol. The van der Waals surface area contributed by atoms with E-state index in [0.29, 0.717) is 13.0 Å². The molecule has 3 rings (SSSR count). The molecule has 8 nitrogen and oxygen atoms in total. The summed E-state index contributed by atoms with van der Waals surface area (Å²) in [7, 11) is -3.73. The van der Waals surface area contributed by atoms with E-state index in [9.17, 15) is 18.0 Å². The van der Waals surface area contributed by atoms with Crippen LogP contribution in [-0.2, 0) is 30.8 Å². The zero-order chi connectivity index (χ0) is 20.1. The molecule has 0 unspecified atom stereocenters. The van der Waals surface area contributed by atoms with Gasteiger partial charge in [-0.3, -0.25) is 9.59 Å². The first-order valence-corrected chi connectivity index (χ1v) is 10.2. The van der Waals surface area contributed by atoms with Crippen LogP contribution in [0.2, 0.25) is 0 Å². The van der Waals surface area contributed by atoms with Crippen LogP contribution < -0.4 is 15.8 Å². The molecule has 0 aromatic heterocycles. The van der Waals surface area contributed by atoms with E-state index in [2.05, 4.69) is 10.6 Å². The fourth-order valence-corrected chi connectivity index (χ4v) is 3.49. The van der Waals surface area contributed by atoms with E-state index in [4.69, 9.17) is 9.88 Å². The van der Waals surface area contributed by atoms with Crippen LogP contribution >= 0.6 is 0 Å². The summed E-state index contributed by atoms with van der Waals surface area (Å²) < 4.78 is 28.0. The largest absolute Gasteiger partial charge is 0.356 e. The SMILES string of the molecule is NS(=O)(=O)c1ccc(CCNC(=O)[C@H]2OCC(=O)N[C@@H]2c2ccccc2)cc1. The Labute approximate surface area is 163 Å². The molecule has 0 saturated carbocycles. The molecule has 1 aliphatic heterocycles. The maximum atomic E-state index is 12.6. The van der Waals surface area contributed by atoms with Gasteiger partial charge in [-0.15, -0.1) is 0 Å². The van der Waals surface area contributed by atoms with Gasteiger partial charge < -0.3 is 15.4 Å². The van der Waals surface area contributed by atoms with Gasteiger partial charge in [0.05, 0.1) is 10.9 Å². The Morgan fingerprint density at radius 3 is 2.46 bits per heavy atom. The number of hydrogen-bond acceptors (Lipinski definition) is 5. The van der Waals surface area contributed by atoms with Crippen molar-refractivity contribution in [2.45, 2.75) is 23.5 Å². The summed E-state index contributed by atoms with van der Waals surface area (Å²) >= 11 is 0. The minimum Gasteiger partial charge on any atom is -0.356 e. The number of nitrogens with one attached hydrogen (secondary N) is 2. The van der Waals surface area contributed by atoms with E-state index in [0.717, 1.165) is 11.1 Å². The Hall–Kier alpha value is -2.75. The lowest BCUT2D eigenvalue weighted by atomic mass is 9.99. The van der Waals surface area contributed by atoms with Gasteiger partial charge in [-0.2, -0.15) is 0 Å². The highest BCUT2D eigenvalue weighted by Crippen LogP contribution is 2.22. The van der Waals surface area contributed by atoms with Gasteiger partial charge in [-0.25, -0.2) is 13.6 Å². The molecule has 2 amide bonds. The summed E-state index contributed by atoms with van der Waals surface area (Å²) in [5.74, 6) is -0.595. The first kappa shape index (κ1) is 20.0. The Kier molecular flexibility index (Phi) is 6.08. The van der Waals surface area contributed by atoms with Crippen LogP contribution in [0.15, 0.2) is 59.5 Å². The number of primary sulfonamides is 1. The van der Waals surface area contributed by atoms with E-state index >= 15 is 0 Å². The lowest BCUT2D eigenvalue weighted by molar-refractivity contribution is -0.148. The van der Waals surface area contributed by atoms with Crippen molar-refractivity contribution < 1.29 is 22.7 Å². The first-order chi connectivity index (χ1) is 13.3. The lowest BCUT2D eigenvalue weighted by Gasteiger charge is -2.31. The summed E-state index contributed by atoms with van der Waals surface area (Å²) in [6.07, 6.45) is -0.323. The predicted molar refractivity (Wildman–Crippen MR) is 102 cm³/mol. The molecule has 0 radical (unpaired) electrons. The predicted octanol–water partition coefficient (Wildman–Crippen LogP) is 0.249. The Morgan fingerprint density at radius 2 is 1.82 bits per heavy atom. The second-order valence-corrected chi connectivity index (χ2v) is 7.98. The van der Waals surface area contributed by atoms with Gasteiger partial charge in [-0.1, -0.05) is 42.5 Å². The molecule has 1 saturated heterocycles.